The number of hydrogen-bond donors (Lipinski definition) is 3. The molecule has 0 spiro atoms. The first-order chi connectivity index (χ1) is 9.63. The molecule has 20 heavy (non-hydrogen) atoms. The van der Waals surface area contributed by atoms with Gasteiger partial charge in [0, 0.05) is 20.2 Å². The summed E-state index contributed by atoms with van der Waals surface area (Å²) in [6.45, 7) is 1.18. The fourth-order valence-corrected chi connectivity index (χ4v) is 1.63. The molecule has 6 heteroatoms. The average Bonchev–Trinajstić information content (AvgIpc) is 2.44. The molecule has 0 aliphatic heterocycles. The molecule has 3 N–H and O–H groups in total. The molecule has 0 heterocycles. The number of aliphatic carboxylic acids is 1. The number of carboxylic acids is 1. The van der Waals surface area contributed by atoms with Crippen LogP contribution in [0.5, 0.6) is 0 Å². The maximum absolute atomic E-state index is 11.6. The first kappa shape index (κ1) is 16.1. The van der Waals surface area contributed by atoms with Crippen LogP contribution in [-0.4, -0.2) is 43.3 Å². The number of carbonyl (C=O) groups excluding carboxylic acids is 1. The van der Waals surface area contributed by atoms with E-state index in [1.54, 1.807) is 0 Å². The monoisotopic (exact) mass is 280 g/mol. The number of amides is 1. The third kappa shape index (κ3) is 6.31. The topological polar surface area (TPSA) is 87.7 Å². The molecule has 110 valence electrons. The van der Waals surface area contributed by atoms with Gasteiger partial charge in [-0.3, -0.25) is 14.9 Å². The fraction of sp³-hybridized carbons (Fsp3) is 0.429. The minimum atomic E-state index is -1.04. The van der Waals surface area contributed by atoms with Gasteiger partial charge in [-0.25, -0.2) is 0 Å². The number of methoxy groups -OCH3 is 1. The summed E-state index contributed by atoms with van der Waals surface area (Å²) in [4.78, 5) is 22.7. The number of hydrogen-bond acceptors (Lipinski definition) is 4. The summed E-state index contributed by atoms with van der Waals surface area (Å²) in [7, 11) is 1.54. The lowest BCUT2D eigenvalue weighted by atomic mass is 10.1. The first-order valence-electron chi connectivity index (χ1n) is 6.39. The van der Waals surface area contributed by atoms with Crippen LogP contribution in [0.4, 0.5) is 0 Å². The summed E-state index contributed by atoms with van der Waals surface area (Å²) in [5.41, 5.74) is 0.971. The average molecular weight is 280 g/mol. The molecule has 1 atom stereocenters. The van der Waals surface area contributed by atoms with Crippen molar-refractivity contribution in [3.05, 3.63) is 35.9 Å². The van der Waals surface area contributed by atoms with Crippen LogP contribution in [0, 0.1) is 0 Å². The lowest BCUT2D eigenvalue weighted by Crippen LogP contribution is -2.41. The number of rotatable bonds is 9. The van der Waals surface area contributed by atoms with Crippen molar-refractivity contribution in [3.8, 4) is 0 Å². The summed E-state index contributed by atoms with van der Waals surface area (Å²) in [6, 6.07) is 8.53. The molecule has 0 saturated heterocycles. The smallest absolute Gasteiger partial charge is 0.321 e. The number of carbonyl (C=O) groups is 2. The molecule has 6 nitrogen and oxygen atoms in total. The Kier molecular flexibility index (Phi) is 7.31. The molecule has 1 aromatic rings. The molecule has 1 amide bonds. The maximum Gasteiger partial charge on any atom is 0.321 e. The van der Waals surface area contributed by atoms with Gasteiger partial charge in [-0.1, -0.05) is 30.3 Å². The van der Waals surface area contributed by atoms with Crippen LogP contribution in [0.15, 0.2) is 30.3 Å². The normalized spacial score (nSPS) is 11.8. The molecule has 0 fully saturated rings. The zero-order valence-corrected chi connectivity index (χ0v) is 11.5. The molecule has 0 aromatic heterocycles. The van der Waals surface area contributed by atoms with Crippen molar-refractivity contribution in [3.63, 3.8) is 0 Å². The Morgan fingerprint density at radius 3 is 2.60 bits per heavy atom. The van der Waals surface area contributed by atoms with Crippen molar-refractivity contribution in [1.29, 1.82) is 0 Å². The van der Waals surface area contributed by atoms with Gasteiger partial charge in [-0.2, -0.15) is 0 Å². The standard InChI is InChI=1S/C14H20N2O4/c1-20-8-7-15-13(17)9-12(14(18)19)16-10-11-5-3-2-4-6-11/h2-6,12,16H,7-10H2,1H3,(H,15,17)(H,18,19)/t12-/m1/s1. The SMILES string of the molecule is COCCNC(=O)C[C@@H](NCc1ccccc1)C(=O)O. The van der Waals surface area contributed by atoms with Gasteiger partial charge in [0.15, 0.2) is 0 Å². The Labute approximate surface area is 118 Å². The van der Waals surface area contributed by atoms with Crippen LogP contribution >= 0.6 is 0 Å². The summed E-state index contributed by atoms with van der Waals surface area (Å²) >= 11 is 0. The van der Waals surface area contributed by atoms with Crippen molar-refractivity contribution in [2.24, 2.45) is 0 Å². The van der Waals surface area contributed by atoms with E-state index in [0.717, 1.165) is 5.56 Å². The van der Waals surface area contributed by atoms with E-state index in [-0.39, 0.29) is 12.3 Å². The zero-order valence-electron chi connectivity index (χ0n) is 11.5. The Morgan fingerprint density at radius 2 is 2.00 bits per heavy atom. The van der Waals surface area contributed by atoms with Crippen LogP contribution in [0.2, 0.25) is 0 Å². The first-order valence-corrected chi connectivity index (χ1v) is 6.39. The number of benzene rings is 1. The largest absolute Gasteiger partial charge is 0.480 e. The van der Waals surface area contributed by atoms with Crippen LogP contribution in [0.1, 0.15) is 12.0 Å². The maximum atomic E-state index is 11.6. The highest BCUT2D eigenvalue weighted by Gasteiger charge is 2.20. The van der Waals surface area contributed by atoms with Gasteiger partial charge in [0.25, 0.3) is 0 Å². The van der Waals surface area contributed by atoms with Gasteiger partial charge >= 0.3 is 5.97 Å². The van der Waals surface area contributed by atoms with Crippen molar-refractivity contribution < 1.29 is 19.4 Å². The van der Waals surface area contributed by atoms with E-state index in [4.69, 9.17) is 9.84 Å². The Morgan fingerprint density at radius 1 is 1.30 bits per heavy atom. The van der Waals surface area contributed by atoms with Crippen molar-refractivity contribution in [2.45, 2.75) is 19.0 Å². The van der Waals surface area contributed by atoms with Gasteiger partial charge in [0.1, 0.15) is 6.04 Å². The highest BCUT2D eigenvalue weighted by Crippen LogP contribution is 2.00. The molecule has 0 aliphatic carbocycles. The number of carboxylic acid groups (broad SMARTS) is 1. The Bertz CT molecular complexity index is 422. The predicted octanol–water partition coefficient (Wildman–Crippen LogP) is 0.382. The molecule has 0 radical (unpaired) electrons. The Balaban J connectivity index is 2.40. The van der Waals surface area contributed by atoms with E-state index in [1.807, 2.05) is 30.3 Å². The van der Waals surface area contributed by atoms with Gasteiger partial charge in [0.05, 0.1) is 13.0 Å². The van der Waals surface area contributed by atoms with Crippen LogP contribution in [0.25, 0.3) is 0 Å². The molecule has 1 aromatic carbocycles. The van der Waals surface area contributed by atoms with Crippen molar-refractivity contribution in [2.75, 3.05) is 20.3 Å². The van der Waals surface area contributed by atoms with Crippen molar-refractivity contribution >= 4 is 11.9 Å². The second kappa shape index (κ2) is 9.06. The van der Waals surface area contributed by atoms with E-state index in [9.17, 15) is 9.59 Å². The van der Waals surface area contributed by atoms with Gasteiger partial charge in [-0.05, 0) is 5.56 Å². The van der Waals surface area contributed by atoms with E-state index in [2.05, 4.69) is 10.6 Å². The second-order valence-electron chi connectivity index (χ2n) is 4.30. The lowest BCUT2D eigenvalue weighted by molar-refractivity contribution is -0.141. The quantitative estimate of drug-likeness (QED) is 0.569. The van der Waals surface area contributed by atoms with Crippen LogP contribution < -0.4 is 10.6 Å². The van der Waals surface area contributed by atoms with Gasteiger partial charge in [0.2, 0.25) is 5.91 Å². The van der Waals surface area contributed by atoms with E-state index in [0.29, 0.717) is 19.7 Å². The minimum Gasteiger partial charge on any atom is -0.480 e. The van der Waals surface area contributed by atoms with Gasteiger partial charge in [-0.15, -0.1) is 0 Å². The van der Waals surface area contributed by atoms with Gasteiger partial charge < -0.3 is 15.2 Å². The summed E-state index contributed by atoms with van der Waals surface area (Å²) < 4.78 is 4.80. The molecular weight excluding hydrogens is 260 g/mol. The third-order valence-electron chi connectivity index (χ3n) is 2.71. The summed E-state index contributed by atoms with van der Waals surface area (Å²) in [5, 5.41) is 14.6. The fourth-order valence-electron chi connectivity index (χ4n) is 1.63. The number of ether oxygens (including phenoxy) is 1. The van der Waals surface area contributed by atoms with Crippen LogP contribution in [0.3, 0.4) is 0 Å². The molecule has 0 bridgehead atoms. The van der Waals surface area contributed by atoms with Crippen molar-refractivity contribution in [1.82, 2.24) is 10.6 Å². The highest BCUT2D eigenvalue weighted by molar-refractivity contribution is 5.84. The highest BCUT2D eigenvalue weighted by atomic mass is 16.5. The minimum absolute atomic E-state index is 0.105. The molecule has 0 saturated carbocycles. The van der Waals surface area contributed by atoms with E-state index < -0.39 is 12.0 Å². The van der Waals surface area contributed by atoms with Crippen LogP contribution in [-0.2, 0) is 20.9 Å². The summed E-state index contributed by atoms with van der Waals surface area (Å²) in [6.07, 6.45) is -0.105. The Hall–Kier alpha value is -1.92. The predicted molar refractivity (Wildman–Crippen MR) is 74.2 cm³/mol. The lowest BCUT2D eigenvalue weighted by Gasteiger charge is -2.14. The molecule has 0 aliphatic rings. The third-order valence-corrected chi connectivity index (χ3v) is 2.71. The number of nitrogens with one attached hydrogen (secondary N) is 2. The zero-order chi connectivity index (χ0) is 14.8. The summed E-state index contributed by atoms with van der Waals surface area (Å²) in [5.74, 6) is -1.35. The van der Waals surface area contributed by atoms with E-state index in [1.165, 1.54) is 7.11 Å². The molecule has 1 rings (SSSR count). The molecular formula is C14H20N2O4. The molecule has 0 unspecified atom stereocenters. The van der Waals surface area contributed by atoms with E-state index >= 15 is 0 Å². The second-order valence-corrected chi connectivity index (χ2v) is 4.30.